The number of carboxylic acid groups (broad SMARTS) is 1. The summed E-state index contributed by atoms with van der Waals surface area (Å²) >= 11 is 7.40. The Morgan fingerprint density at radius 1 is 1.50 bits per heavy atom. The van der Waals surface area contributed by atoms with E-state index in [1.165, 1.54) is 6.92 Å². The minimum absolute atomic E-state index is 0.0569. The van der Waals surface area contributed by atoms with Gasteiger partial charge in [-0.15, -0.1) is 12.6 Å². The number of hydrogen-bond donors (Lipinski definition) is 2. The predicted molar refractivity (Wildman–Crippen MR) is 67.4 cm³/mol. The molecule has 1 atom stereocenters. The molecule has 0 aliphatic carbocycles. The van der Waals surface area contributed by atoms with E-state index in [2.05, 4.69) is 28.6 Å². The van der Waals surface area contributed by atoms with Gasteiger partial charge < -0.3 is 5.11 Å². The highest BCUT2D eigenvalue weighted by atomic mass is 79.9. The minimum Gasteiger partial charge on any atom is -0.481 e. The van der Waals surface area contributed by atoms with Crippen LogP contribution in [0.2, 0.25) is 0 Å². The third-order valence-electron chi connectivity index (χ3n) is 2.10. The maximum absolute atomic E-state index is 11.3. The fraction of sp³-hybridized carbons (Fsp3) is 0.273. The number of carboxylic acids is 1. The van der Waals surface area contributed by atoms with Gasteiger partial charge in [-0.05, 0) is 30.2 Å². The normalized spacial score (nSPS) is 12.2. The number of halogens is 1. The van der Waals surface area contributed by atoms with Gasteiger partial charge in [-0.2, -0.15) is 0 Å². The number of alkyl halides is 1. The maximum atomic E-state index is 11.3. The van der Waals surface area contributed by atoms with Crippen molar-refractivity contribution in [1.82, 2.24) is 0 Å². The average Bonchev–Trinajstić information content (AvgIpc) is 2.15. The quantitative estimate of drug-likeness (QED) is 0.664. The van der Waals surface area contributed by atoms with Crippen molar-refractivity contribution in [2.24, 2.45) is 0 Å². The SMILES string of the molecule is CC(=O)C(Br)c1ccc(S)cc1CC(=O)O. The largest absolute Gasteiger partial charge is 0.481 e. The molecule has 0 fully saturated rings. The Kier molecular flexibility index (Phi) is 4.56. The number of carbonyl (C=O) groups is 2. The van der Waals surface area contributed by atoms with Crippen molar-refractivity contribution in [3.8, 4) is 0 Å². The molecule has 1 aromatic carbocycles. The van der Waals surface area contributed by atoms with Gasteiger partial charge in [0.05, 0.1) is 11.2 Å². The number of carbonyl (C=O) groups excluding carboxylic acids is 1. The van der Waals surface area contributed by atoms with Crippen LogP contribution >= 0.6 is 28.6 Å². The van der Waals surface area contributed by atoms with E-state index in [1.54, 1.807) is 18.2 Å². The van der Waals surface area contributed by atoms with Crippen LogP contribution in [0, 0.1) is 0 Å². The van der Waals surface area contributed by atoms with E-state index >= 15 is 0 Å². The molecule has 0 saturated carbocycles. The molecule has 1 rings (SSSR count). The molecule has 0 bridgehead atoms. The molecule has 16 heavy (non-hydrogen) atoms. The Labute approximate surface area is 107 Å². The molecule has 5 heteroatoms. The number of Topliss-reactive ketones (excluding diaryl/α,β-unsaturated/α-hetero) is 1. The highest BCUT2D eigenvalue weighted by Gasteiger charge is 2.17. The van der Waals surface area contributed by atoms with Crippen LogP contribution in [0.15, 0.2) is 23.1 Å². The van der Waals surface area contributed by atoms with Crippen LogP contribution < -0.4 is 0 Å². The third kappa shape index (κ3) is 3.35. The van der Waals surface area contributed by atoms with Gasteiger partial charge in [0.1, 0.15) is 5.78 Å². The Balaban J connectivity index is 3.16. The molecule has 1 N–H and O–H groups in total. The van der Waals surface area contributed by atoms with Gasteiger partial charge in [0, 0.05) is 4.90 Å². The summed E-state index contributed by atoms with van der Waals surface area (Å²) < 4.78 is 0. The monoisotopic (exact) mass is 302 g/mol. The van der Waals surface area contributed by atoms with Gasteiger partial charge in [-0.1, -0.05) is 22.0 Å². The first-order chi connectivity index (χ1) is 7.41. The topological polar surface area (TPSA) is 54.4 Å². The molecule has 1 aromatic rings. The van der Waals surface area contributed by atoms with E-state index in [9.17, 15) is 9.59 Å². The summed E-state index contributed by atoms with van der Waals surface area (Å²) in [6.07, 6.45) is -0.112. The van der Waals surface area contributed by atoms with Gasteiger partial charge in [-0.3, -0.25) is 9.59 Å². The van der Waals surface area contributed by atoms with Gasteiger partial charge in [0.2, 0.25) is 0 Å². The molecule has 1 unspecified atom stereocenters. The fourth-order valence-electron chi connectivity index (χ4n) is 1.37. The summed E-state index contributed by atoms with van der Waals surface area (Å²) in [6.45, 7) is 1.46. The van der Waals surface area contributed by atoms with Gasteiger partial charge >= 0.3 is 5.97 Å². The number of ketones is 1. The second kappa shape index (κ2) is 5.50. The van der Waals surface area contributed by atoms with Crippen molar-refractivity contribution in [2.45, 2.75) is 23.1 Å². The molecule has 0 aromatic heterocycles. The molecule has 0 spiro atoms. The maximum Gasteiger partial charge on any atom is 0.307 e. The lowest BCUT2D eigenvalue weighted by Crippen LogP contribution is -2.08. The first kappa shape index (κ1) is 13.3. The van der Waals surface area contributed by atoms with E-state index in [-0.39, 0.29) is 12.2 Å². The molecular formula is C11H11BrO3S. The van der Waals surface area contributed by atoms with Crippen molar-refractivity contribution in [3.63, 3.8) is 0 Å². The fourth-order valence-corrected chi connectivity index (χ4v) is 2.05. The molecule has 3 nitrogen and oxygen atoms in total. The van der Waals surface area contributed by atoms with Crippen LogP contribution in [0.4, 0.5) is 0 Å². The molecule has 0 aliphatic heterocycles. The summed E-state index contributed by atoms with van der Waals surface area (Å²) in [7, 11) is 0. The second-order valence-electron chi connectivity index (χ2n) is 3.43. The molecule has 0 aliphatic rings. The Bertz CT molecular complexity index is 431. The molecular weight excluding hydrogens is 292 g/mol. The van der Waals surface area contributed by atoms with Crippen LogP contribution in [0.3, 0.4) is 0 Å². The molecule has 0 amide bonds. The summed E-state index contributed by atoms with van der Waals surface area (Å²) in [4.78, 5) is 22.2. The molecule has 0 radical (unpaired) electrons. The van der Waals surface area contributed by atoms with Crippen molar-refractivity contribution in [3.05, 3.63) is 29.3 Å². The van der Waals surface area contributed by atoms with Crippen LogP contribution in [-0.2, 0) is 16.0 Å². The molecule has 0 saturated heterocycles. The average molecular weight is 303 g/mol. The number of aliphatic carboxylic acids is 1. The van der Waals surface area contributed by atoms with Gasteiger partial charge in [0.15, 0.2) is 0 Å². The van der Waals surface area contributed by atoms with E-state index in [0.717, 1.165) is 0 Å². The molecule has 86 valence electrons. The van der Waals surface area contributed by atoms with Crippen LogP contribution in [0.25, 0.3) is 0 Å². The van der Waals surface area contributed by atoms with Crippen LogP contribution in [0.1, 0.15) is 22.9 Å². The van der Waals surface area contributed by atoms with Crippen molar-refractivity contribution >= 4 is 40.3 Å². The van der Waals surface area contributed by atoms with Gasteiger partial charge in [0.25, 0.3) is 0 Å². The smallest absolute Gasteiger partial charge is 0.307 e. The van der Waals surface area contributed by atoms with E-state index in [0.29, 0.717) is 16.0 Å². The molecule has 0 heterocycles. The summed E-state index contributed by atoms with van der Waals surface area (Å²) in [6, 6.07) is 5.13. The lowest BCUT2D eigenvalue weighted by Gasteiger charge is -2.12. The van der Waals surface area contributed by atoms with Gasteiger partial charge in [-0.25, -0.2) is 0 Å². The van der Waals surface area contributed by atoms with Crippen molar-refractivity contribution < 1.29 is 14.7 Å². The highest BCUT2D eigenvalue weighted by Crippen LogP contribution is 2.28. The van der Waals surface area contributed by atoms with Crippen LogP contribution in [0.5, 0.6) is 0 Å². The number of thiol groups is 1. The van der Waals surface area contributed by atoms with E-state index < -0.39 is 10.8 Å². The Hall–Kier alpha value is -0.810. The lowest BCUT2D eigenvalue weighted by atomic mass is 10.0. The van der Waals surface area contributed by atoms with Crippen molar-refractivity contribution in [2.75, 3.05) is 0 Å². The summed E-state index contributed by atoms with van der Waals surface area (Å²) in [5, 5.41) is 8.78. The Morgan fingerprint density at radius 3 is 2.62 bits per heavy atom. The zero-order valence-corrected chi connectivity index (χ0v) is 11.1. The second-order valence-corrected chi connectivity index (χ2v) is 4.86. The zero-order chi connectivity index (χ0) is 12.3. The van der Waals surface area contributed by atoms with E-state index in [4.69, 9.17) is 5.11 Å². The number of benzene rings is 1. The van der Waals surface area contributed by atoms with Crippen LogP contribution in [-0.4, -0.2) is 16.9 Å². The van der Waals surface area contributed by atoms with E-state index in [1.807, 2.05) is 0 Å². The number of hydrogen-bond acceptors (Lipinski definition) is 3. The summed E-state index contributed by atoms with van der Waals surface area (Å²) in [5.74, 6) is -0.984. The predicted octanol–water partition coefficient (Wildman–Crippen LogP) is 2.63. The lowest BCUT2D eigenvalue weighted by molar-refractivity contribution is -0.136. The first-order valence-electron chi connectivity index (χ1n) is 4.60. The minimum atomic E-state index is -0.927. The summed E-state index contributed by atoms with van der Waals surface area (Å²) in [5.41, 5.74) is 1.30. The van der Waals surface area contributed by atoms with Crippen molar-refractivity contribution in [1.29, 1.82) is 0 Å². The zero-order valence-electron chi connectivity index (χ0n) is 8.61. The standard InChI is InChI=1S/C11H11BrO3S/c1-6(13)11(12)9-3-2-8(16)4-7(9)5-10(14)15/h2-4,11,16H,5H2,1H3,(H,14,15). The highest BCUT2D eigenvalue weighted by molar-refractivity contribution is 9.09. The number of rotatable bonds is 4. The Morgan fingerprint density at radius 2 is 2.12 bits per heavy atom. The third-order valence-corrected chi connectivity index (χ3v) is 3.51. The first-order valence-corrected chi connectivity index (χ1v) is 5.96.